The monoisotopic (exact) mass is 383 g/mol. The average molecular weight is 384 g/mol. The quantitative estimate of drug-likeness (QED) is 0.314. The van der Waals surface area contributed by atoms with Crippen molar-refractivity contribution < 1.29 is 28.3 Å². The van der Waals surface area contributed by atoms with Crippen molar-refractivity contribution >= 4 is 26.2 Å². The normalized spacial score (nSPS) is 30.0. The number of hydrogen-bond acceptors (Lipinski definition) is 6. The highest BCUT2D eigenvalue weighted by atomic mass is 28.4. The van der Waals surface area contributed by atoms with Crippen molar-refractivity contribution in [1.82, 2.24) is 5.32 Å². The minimum atomic E-state index is -1.83. The Labute approximate surface area is 155 Å². The standard InChI is InChI=1S/C18H29NO6Si/c1-6-10-23-18(22)24-11(2)14-15(19-17(14)21)12-8-7-9-13(16(12)20)25-26(3,4)5/h6,11-15H,1,7-10H2,2-5H3,(H,19,21)/t11-,12+,13-,14-,15-/m1/s1. The van der Waals surface area contributed by atoms with Gasteiger partial charge in [-0.05, 0) is 45.8 Å². The molecule has 8 heteroatoms. The predicted octanol–water partition coefficient (Wildman–Crippen LogP) is 2.42. The van der Waals surface area contributed by atoms with E-state index in [1.165, 1.54) is 6.08 Å². The van der Waals surface area contributed by atoms with E-state index in [9.17, 15) is 14.4 Å². The van der Waals surface area contributed by atoms with E-state index in [-0.39, 0.29) is 30.3 Å². The molecule has 0 unspecified atom stereocenters. The number of β-lactam (4-membered cyclic amide) rings is 1. The highest BCUT2D eigenvalue weighted by Gasteiger charge is 2.52. The molecule has 146 valence electrons. The van der Waals surface area contributed by atoms with Crippen LogP contribution in [0.1, 0.15) is 26.2 Å². The predicted molar refractivity (Wildman–Crippen MR) is 98.1 cm³/mol. The maximum Gasteiger partial charge on any atom is 0.508 e. The fourth-order valence-corrected chi connectivity index (χ4v) is 4.69. The summed E-state index contributed by atoms with van der Waals surface area (Å²) in [5.41, 5.74) is 0. The molecule has 2 fully saturated rings. The van der Waals surface area contributed by atoms with Crippen LogP contribution in [0.3, 0.4) is 0 Å². The first-order chi connectivity index (χ1) is 12.1. The van der Waals surface area contributed by atoms with Crippen molar-refractivity contribution in [3.63, 3.8) is 0 Å². The molecule has 1 amide bonds. The fourth-order valence-electron chi connectivity index (χ4n) is 3.61. The van der Waals surface area contributed by atoms with Gasteiger partial charge in [0.2, 0.25) is 5.91 Å². The van der Waals surface area contributed by atoms with Gasteiger partial charge < -0.3 is 19.2 Å². The molecule has 26 heavy (non-hydrogen) atoms. The van der Waals surface area contributed by atoms with Gasteiger partial charge in [-0.1, -0.05) is 12.7 Å². The third kappa shape index (κ3) is 4.94. The van der Waals surface area contributed by atoms with Crippen LogP contribution < -0.4 is 5.32 Å². The molecule has 2 rings (SSSR count). The van der Waals surface area contributed by atoms with E-state index < -0.39 is 32.6 Å². The summed E-state index contributed by atoms with van der Waals surface area (Å²) in [7, 11) is -1.83. The van der Waals surface area contributed by atoms with E-state index >= 15 is 0 Å². The van der Waals surface area contributed by atoms with Crippen molar-refractivity contribution in [2.75, 3.05) is 6.61 Å². The lowest BCUT2D eigenvalue weighted by Crippen LogP contribution is -2.67. The molecule has 1 saturated heterocycles. The maximum atomic E-state index is 12.9. The van der Waals surface area contributed by atoms with Crippen LogP contribution in [0.25, 0.3) is 0 Å². The Bertz CT molecular complexity index is 573. The smallest absolute Gasteiger partial charge is 0.430 e. The zero-order valence-corrected chi connectivity index (χ0v) is 16.9. The van der Waals surface area contributed by atoms with Crippen LogP contribution in [-0.4, -0.2) is 51.0 Å². The molecule has 0 aromatic heterocycles. The third-order valence-electron chi connectivity index (χ3n) is 4.70. The molecule has 0 spiro atoms. The molecular formula is C18H29NO6Si. The number of amides is 1. The lowest BCUT2D eigenvalue weighted by molar-refractivity contribution is -0.149. The van der Waals surface area contributed by atoms with Crippen LogP contribution in [0.5, 0.6) is 0 Å². The first-order valence-corrected chi connectivity index (χ1v) is 12.5. The van der Waals surface area contributed by atoms with Crippen molar-refractivity contribution in [2.24, 2.45) is 11.8 Å². The van der Waals surface area contributed by atoms with Gasteiger partial charge in [0.05, 0.1) is 12.0 Å². The van der Waals surface area contributed by atoms with Crippen LogP contribution in [0.15, 0.2) is 12.7 Å². The van der Waals surface area contributed by atoms with Crippen molar-refractivity contribution in [2.45, 2.75) is 64.1 Å². The molecule has 1 aliphatic carbocycles. The van der Waals surface area contributed by atoms with Gasteiger partial charge in [-0.15, -0.1) is 0 Å². The van der Waals surface area contributed by atoms with Gasteiger partial charge in [0.1, 0.15) is 18.8 Å². The second kappa shape index (κ2) is 8.35. The molecule has 1 heterocycles. The molecule has 5 atom stereocenters. The molecular weight excluding hydrogens is 354 g/mol. The van der Waals surface area contributed by atoms with Gasteiger partial charge in [0.15, 0.2) is 14.1 Å². The van der Waals surface area contributed by atoms with Gasteiger partial charge in [-0.2, -0.15) is 0 Å². The summed E-state index contributed by atoms with van der Waals surface area (Å²) >= 11 is 0. The Balaban J connectivity index is 2.00. The number of Topliss-reactive ketones (excluding diaryl/α,β-unsaturated/α-hetero) is 1. The number of rotatable bonds is 7. The largest absolute Gasteiger partial charge is 0.508 e. The molecule has 0 aromatic carbocycles. The molecule has 1 aliphatic heterocycles. The third-order valence-corrected chi connectivity index (χ3v) is 5.69. The van der Waals surface area contributed by atoms with Gasteiger partial charge >= 0.3 is 6.16 Å². The summed E-state index contributed by atoms with van der Waals surface area (Å²) in [4.78, 5) is 36.5. The van der Waals surface area contributed by atoms with Gasteiger partial charge in [-0.25, -0.2) is 4.79 Å². The highest BCUT2D eigenvalue weighted by molar-refractivity contribution is 6.69. The minimum Gasteiger partial charge on any atom is -0.430 e. The summed E-state index contributed by atoms with van der Waals surface area (Å²) < 4.78 is 16.0. The van der Waals surface area contributed by atoms with E-state index in [4.69, 9.17) is 13.9 Å². The van der Waals surface area contributed by atoms with Crippen LogP contribution in [0.2, 0.25) is 19.6 Å². The Morgan fingerprint density at radius 2 is 2.04 bits per heavy atom. The van der Waals surface area contributed by atoms with Crippen molar-refractivity contribution in [3.05, 3.63) is 12.7 Å². The number of hydrogen-bond donors (Lipinski definition) is 1. The zero-order chi connectivity index (χ0) is 19.5. The lowest BCUT2D eigenvalue weighted by Gasteiger charge is -2.45. The summed E-state index contributed by atoms with van der Waals surface area (Å²) in [6, 6.07) is -0.328. The average Bonchev–Trinajstić information content (AvgIpc) is 2.51. The van der Waals surface area contributed by atoms with Crippen LogP contribution in [-0.2, 0) is 23.5 Å². The number of carbonyl (C=O) groups is 3. The fraction of sp³-hybridized carbons (Fsp3) is 0.722. The number of carbonyl (C=O) groups excluding carboxylic acids is 3. The molecule has 0 aromatic rings. The number of ketones is 1. The maximum absolute atomic E-state index is 12.9. The van der Waals surface area contributed by atoms with Crippen molar-refractivity contribution in [3.8, 4) is 0 Å². The summed E-state index contributed by atoms with van der Waals surface area (Å²) in [5, 5.41) is 2.82. The Hall–Kier alpha value is -1.67. The molecule has 0 bridgehead atoms. The van der Waals surface area contributed by atoms with E-state index in [2.05, 4.69) is 31.5 Å². The SMILES string of the molecule is C=CCOC(=O)O[C@H](C)[C@H]1C(=O)N[C@@H]1[C@@H]1CCC[C@@H](O[Si](C)(C)C)C1=O. The van der Waals surface area contributed by atoms with Gasteiger partial charge in [-0.3, -0.25) is 9.59 Å². The molecule has 0 radical (unpaired) electrons. The summed E-state index contributed by atoms with van der Waals surface area (Å²) in [6.07, 6.45) is 1.84. The molecule has 1 saturated carbocycles. The molecule has 1 N–H and O–H groups in total. The highest BCUT2D eigenvalue weighted by Crippen LogP contribution is 2.35. The van der Waals surface area contributed by atoms with Gasteiger partial charge in [0, 0.05) is 5.92 Å². The van der Waals surface area contributed by atoms with Crippen LogP contribution >= 0.6 is 0 Å². The van der Waals surface area contributed by atoms with Gasteiger partial charge in [0.25, 0.3) is 0 Å². The molecule has 7 nitrogen and oxygen atoms in total. The Kier molecular flexibility index (Phi) is 6.62. The van der Waals surface area contributed by atoms with E-state index in [1.54, 1.807) is 6.92 Å². The Morgan fingerprint density at radius 1 is 1.35 bits per heavy atom. The van der Waals surface area contributed by atoms with E-state index in [1.807, 2.05) is 0 Å². The minimum absolute atomic E-state index is 0.0443. The zero-order valence-electron chi connectivity index (χ0n) is 15.9. The second-order valence-electron chi connectivity index (χ2n) is 7.89. The van der Waals surface area contributed by atoms with Crippen LogP contribution in [0, 0.1) is 11.8 Å². The topological polar surface area (TPSA) is 90.9 Å². The molecule has 2 aliphatic rings. The first kappa shape index (κ1) is 20.6. The van der Waals surface area contributed by atoms with Crippen molar-refractivity contribution in [1.29, 1.82) is 0 Å². The second-order valence-corrected chi connectivity index (χ2v) is 12.4. The first-order valence-electron chi connectivity index (χ1n) is 9.10. The summed E-state index contributed by atoms with van der Waals surface area (Å²) in [6.45, 7) is 11.3. The lowest BCUT2D eigenvalue weighted by atomic mass is 9.71. The summed E-state index contributed by atoms with van der Waals surface area (Å²) in [5.74, 6) is -1.01. The Morgan fingerprint density at radius 3 is 2.62 bits per heavy atom. The van der Waals surface area contributed by atoms with E-state index in [0.717, 1.165) is 12.8 Å². The van der Waals surface area contributed by atoms with E-state index in [0.29, 0.717) is 6.42 Å². The van der Waals surface area contributed by atoms with Crippen LogP contribution in [0.4, 0.5) is 4.79 Å². The number of nitrogens with one attached hydrogen (secondary N) is 1. The number of ether oxygens (including phenoxy) is 2.